The number of allylic oxidation sites excluding steroid dienone is 4. The summed E-state index contributed by atoms with van der Waals surface area (Å²) in [5, 5.41) is 1.04. The van der Waals surface area contributed by atoms with Gasteiger partial charge in [-0.1, -0.05) is 37.5 Å². The maximum absolute atomic E-state index is 14.6. The van der Waals surface area contributed by atoms with Crippen molar-refractivity contribution in [3.63, 3.8) is 0 Å². The van der Waals surface area contributed by atoms with Gasteiger partial charge < -0.3 is 19.1 Å². The molecule has 4 atom stereocenters. The topological polar surface area (TPSA) is 101 Å². The van der Waals surface area contributed by atoms with E-state index in [1.165, 1.54) is 24.8 Å². The summed E-state index contributed by atoms with van der Waals surface area (Å²) in [5.41, 5.74) is 6.59. The van der Waals surface area contributed by atoms with Crippen LogP contribution in [-0.4, -0.2) is 78.7 Å². The summed E-state index contributed by atoms with van der Waals surface area (Å²) in [5.74, 6) is 0.266. The van der Waals surface area contributed by atoms with Gasteiger partial charge >= 0.3 is 0 Å². The first-order valence-electron chi connectivity index (χ1n) is 17.3. The van der Waals surface area contributed by atoms with Crippen molar-refractivity contribution in [1.82, 2.24) is 19.1 Å². The van der Waals surface area contributed by atoms with Gasteiger partial charge in [-0.25, -0.2) is 13.1 Å². The molecule has 10 heteroatoms. The molecule has 2 aromatic rings. The lowest BCUT2D eigenvalue weighted by molar-refractivity contribution is -0.158. The summed E-state index contributed by atoms with van der Waals surface area (Å²) in [6.07, 6.45) is 11.8. The first kappa shape index (κ1) is 30.9. The highest BCUT2D eigenvalue weighted by Crippen LogP contribution is 2.56. The molecule has 3 aliphatic carbocycles. The molecule has 9 nitrogen and oxygen atoms in total. The minimum absolute atomic E-state index is 0.188. The van der Waals surface area contributed by atoms with Crippen LogP contribution in [0.2, 0.25) is 0 Å². The summed E-state index contributed by atoms with van der Waals surface area (Å²) in [7, 11) is -0.0727. The lowest BCUT2D eigenvalue weighted by Gasteiger charge is -2.57. The Bertz CT molecular complexity index is 1890. The summed E-state index contributed by atoms with van der Waals surface area (Å²) >= 11 is 0. The van der Waals surface area contributed by atoms with E-state index >= 15 is 0 Å². The average molecular weight is 659 g/mol. The number of rotatable bonds is 5. The van der Waals surface area contributed by atoms with Gasteiger partial charge in [0.2, 0.25) is 15.9 Å². The Morgan fingerprint density at radius 2 is 1.77 bits per heavy atom. The molecule has 0 radical (unpaired) electrons. The maximum atomic E-state index is 14.6. The molecule has 1 saturated carbocycles. The molecule has 4 heterocycles. The molecule has 0 spiro atoms. The summed E-state index contributed by atoms with van der Waals surface area (Å²) in [6, 6.07) is 7.02. The van der Waals surface area contributed by atoms with E-state index in [1.54, 1.807) is 27.9 Å². The van der Waals surface area contributed by atoms with E-state index in [1.807, 2.05) is 0 Å². The molecule has 6 aliphatic rings. The Morgan fingerprint density at radius 3 is 2.45 bits per heavy atom. The van der Waals surface area contributed by atoms with Crippen molar-refractivity contribution in [3.05, 3.63) is 63.9 Å². The number of hydrogen-bond donors (Lipinski definition) is 1. The van der Waals surface area contributed by atoms with Gasteiger partial charge in [0.25, 0.3) is 5.91 Å². The third kappa shape index (κ3) is 4.76. The van der Waals surface area contributed by atoms with Gasteiger partial charge in [0, 0.05) is 48.7 Å². The van der Waals surface area contributed by atoms with Crippen LogP contribution in [0, 0.1) is 5.92 Å². The molecule has 3 aliphatic heterocycles. The predicted molar refractivity (Wildman–Crippen MR) is 182 cm³/mol. The number of piperidine rings is 1. The summed E-state index contributed by atoms with van der Waals surface area (Å²) < 4.78 is 35.7. The smallest absolute Gasteiger partial charge is 0.265 e. The average Bonchev–Trinajstić information content (AvgIpc) is 3.66. The van der Waals surface area contributed by atoms with Gasteiger partial charge in [-0.05, 0) is 93.8 Å². The molecule has 2 amide bonds. The first-order chi connectivity index (χ1) is 22.4. The number of likely N-dealkylation sites (N-methyl/N-ethyl adjacent to an activating group) is 1. The number of benzene rings is 1. The van der Waals surface area contributed by atoms with Crippen LogP contribution in [0.3, 0.4) is 0 Å². The Morgan fingerprint density at radius 1 is 1.04 bits per heavy atom. The van der Waals surface area contributed by atoms with Crippen molar-refractivity contribution in [2.75, 3.05) is 27.2 Å². The van der Waals surface area contributed by atoms with Gasteiger partial charge in [0.05, 0.1) is 28.9 Å². The molecule has 47 heavy (non-hydrogen) atoms. The van der Waals surface area contributed by atoms with E-state index < -0.39 is 20.7 Å². The predicted octanol–water partition coefficient (Wildman–Crippen LogP) is 5.14. The largest absolute Gasteiger partial charge is 0.496 e. The number of nitrogens with one attached hydrogen (secondary N) is 1. The van der Waals surface area contributed by atoms with Crippen LogP contribution in [0.25, 0.3) is 10.9 Å². The van der Waals surface area contributed by atoms with Crippen LogP contribution >= 0.6 is 0 Å². The highest BCUT2D eigenvalue weighted by molar-refractivity contribution is 7.91. The van der Waals surface area contributed by atoms with Gasteiger partial charge in [-0.2, -0.15) is 0 Å². The molecule has 3 unspecified atom stereocenters. The van der Waals surface area contributed by atoms with Crippen LogP contribution in [0.1, 0.15) is 88.8 Å². The van der Waals surface area contributed by atoms with E-state index in [2.05, 4.69) is 56.5 Å². The normalized spacial score (nSPS) is 27.6. The molecule has 1 aromatic heterocycles. The number of fused-ring (bicyclic) bond motifs is 8. The SMILES string of the molecule is COc1ccc(C2CCCCC2)c2c1cc1n2CC2=C(C(=O)NS(=O)(=O)C(C)(C)C)C2=C2C=CC[C@@H](C(=O)N3C4CC3CN(C)C4)C21. The number of hydrogen-bond acceptors (Lipinski definition) is 6. The van der Waals surface area contributed by atoms with Crippen LogP contribution in [0.4, 0.5) is 0 Å². The molecule has 1 aromatic carbocycles. The highest BCUT2D eigenvalue weighted by atomic mass is 32.2. The molecular weight excluding hydrogens is 612 g/mol. The fraction of sp³-hybridized carbons (Fsp3) is 0.568. The van der Waals surface area contributed by atoms with Gasteiger partial charge in [0.1, 0.15) is 5.75 Å². The van der Waals surface area contributed by atoms with Crippen LogP contribution < -0.4 is 9.46 Å². The van der Waals surface area contributed by atoms with E-state index in [9.17, 15) is 18.0 Å². The van der Waals surface area contributed by atoms with E-state index in [-0.39, 0.29) is 29.8 Å². The molecule has 3 fully saturated rings. The van der Waals surface area contributed by atoms with Crippen LogP contribution in [-0.2, 0) is 26.2 Å². The summed E-state index contributed by atoms with van der Waals surface area (Å²) in [4.78, 5) is 32.8. The van der Waals surface area contributed by atoms with Crippen molar-refractivity contribution < 1.29 is 22.7 Å². The van der Waals surface area contributed by atoms with Crippen molar-refractivity contribution in [2.45, 2.75) is 101 Å². The third-order valence-corrected chi connectivity index (χ3v) is 13.8. The minimum Gasteiger partial charge on any atom is -0.496 e. The van der Waals surface area contributed by atoms with Gasteiger partial charge in [0.15, 0.2) is 0 Å². The Labute approximate surface area is 277 Å². The lowest BCUT2D eigenvalue weighted by Crippen LogP contribution is -2.70. The number of nitrogens with zero attached hydrogens (tertiary/aromatic N) is 3. The maximum Gasteiger partial charge on any atom is 0.265 e. The number of carbonyl (C=O) groups is 2. The number of aromatic nitrogens is 1. The minimum atomic E-state index is -3.90. The van der Waals surface area contributed by atoms with Crippen LogP contribution in [0.15, 0.2) is 52.6 Å². The zero-order chi connectivity index (χ0) is 33.0. The number of ether oxygens (including phenoxy) is 1. The zero-order valence-electron chi connectivity index (χ0n) is 28.1. The quantitative estimate of drug-likeness (QED) is 0.478. The second kappa shape index (κ2) is 10.8. The fourth-order valence-corrected chi connectivity index (χ4v) is 9.86. The number of amides is 2. The highest BCUT2D eigenvalue weighted by Gasteiger charge is 2.52. The van der Waals surface area contributed by atoms with E-state index in [0.29, 0.717) is 24.5 Å². The third-order valence-electron chi connectivity index (χ3n) is 11.7. The Kier molecular flexibility index (Phi) is 7.12. The van der Waals surface area contributed by atoms with Gasteiger partial charge in [-0.3, -0.25) is 9.59 Å². The first-order valence-corrected chi connectivity index (χ1v) is 18.8. The molecular formula is C37H46N4O5S. The van der Waals surface area contributed by atoms with E-state index in [0.717, 1.165) is 71.4 Å². The monoisotopic (exact) mass is 658 g/mol. The van der Waals surface area contributed by atoms with Crippen molar-refractivity contribution in [1.29, 1.82) is 0 Å². The van der Waals surface area contributed by atoms with Crippen molar-refractivity contribution in [3.8, 4) is 5.75 Å². The standard InChI is InChI=1S/C37H46N4O5S/c1-37(2,3)47(44,45)38-35(42)33-28-20-40-29(17-27-30(46-5)15-14-24(34(27)40)21-10-7-6-8-11-21)31-25(32(28)33)12-9-13-26(31)36(43)41-22-16-23(41)19-39(4)18-22/h9,12,14-15,17,21-23,26,31H,6-8,10-11,13,16,18-20H2,1-5H3,(H,38,42)/t22?,23?,26-,31?/m1/s1. The second-order valence-corrected chi connectivity index (χ2v) is 18.0. The molecule has 2 bridgehead atoms. The number of piperazine rings is 1. The molecule has 8 rings (SSSR count). The number of methoxy groups -OCH3 is 1. The fourth-order valence-electron chi connectivity index (χ4n) is 9.21. The molecule has 250 valence electrons. The van der Waals surface area contributed by atoms with E-state index in [4.69, 9.17) is 4.74 Å². The van der Waals surface area contributed by atoms with Crippen molar-refractivity contribution >= 4 is 32.7 Å². The number of sulfonamides is 1. The lowest BCUT2D eigenvalue weighted by atomic mass is 9.74. The van der Waals surface area contributed by atoms with Crippen LogP contribution in [0.5, 0.6) is 5.75 Å². The summed E-state index contributed by atoms with van der Waals surface area (Å²) in [6.45, 7) is 7.00. The Balaban J connectivity index is 1.29. The number of likely N-dealkylation sites (tertiary alicyclic amines) is 2. The Hall–Kier alpha value is -3.37. The molecule has 1 N–H and O–H groups in total. The zero-order valence-corrected chi connectivity index (χ0v) is 29.0. The number of carbonyl (C=O) groups excluding carboxylic acids is 2. The van der Waals surface area contributed by atoms with Crippen molar-refractivity contribution in [2.24, 2.45) is 5.92 Å². The second-order valence-electron chi connectivity index (χ2n) is 15.6. The van der Waals surface area contributed by atoms with Gasteiger partial charge in [-0.15, -0.1) is 0 Å². The molecule has 2 saturated heterocycles.